The first-order valence-corrected chi connectivity index (χ1v) is 48.4. The molecule has 10 nitrogen and oxygen atoms in total. The largest absolute Gasteiger partial charge is 0.456 e. The zero-order valence-corrected chi connectivity index (χ0v) is 76.5. The highest BCUT2D eigenvalue weighted by Gasteiger charge is 2.26. The lowest BCUT2D eigenvalue weighted by Crippen LogP contribution is -1.95. The molecule has 0 aliphatic heterocycles. The number of benzene rings is 22. The van der Waals surface area contributed by atoms with Crippen molar-refractivity contribution in [3.8, 4) is 67.5 Å². The molecule has 0 atom stereocenters. The van der Waals surface area contributed by atoms with Crippen molar-refractivity contribution in [2.75, 3.05) is 0 Å². The van der Waals surface area contributed by atoms with Crippen LogP contribution in [0.5, 0.6) is 0 Å². The zero-order chi connectivity index (χ0) is 92.9. The summed E-state index contributed by atoms with van der Waals surface area (Å²) >= 11 is 0. The zero-order valence-electron chi connectivity index (χ0n) is 76.5. The van der Waals surface area contributed by atoms with Crippen LogP contribution in [0, 0.1) is 0 Å². The van der Waals surface area contributed by atoms with E-state index >= 15 is 0 Å². The molecule has 0 spiro atoms. The fourth-order valence-electron chi connectivity index (χ4n) is 23.2. The third-order valence-electron chi connectivity index (χ3n) is 29.6. The minimum Gasteiger partial charge on any atom is -0.456 e. The molecule has 32 aromatic rings. The van der Waals surface area contributed by atoms with Gasteiger partial charge in [-0.1, -0.05) is 309 Å². The number of aromatic nitrogens is 6. The highest BCUT2D eigenvalue weighted by molar-refractivity contribution is 6.26. The van der Waals surface area contributed by atoms with Crippen molar-refractivity contribution in [3.05, 3.63) is 485 Å². The lowest BCUT2D eigenvalue weighted by molar-refractivity contribution is 0.669. The van der Waals surface area contributed by atoms with Crippen LogP contribution in [0.1, 0.15) is 0 Å². The molecule has 0 radical (unpaired) electrons. The Morgan fingerprint density at radius 1 is 0.113 bits per heavy atom. The number of hydrogen-bond donors (Lipinski definition) is 0. The van der Waals surface area contributed by atoms with Gasteiger partial charge in [-0.2, -0.15) is 0 Å². The van der Waals surface area contributed by atoms with Crippen LogP contribution in [0.2, 0.25) is 0 Å². The molecule has 0 bridgehead atoms. The van der Waals surface area contributed by atoms with Crippen molar-refractivity contribution in [1.29, 1.82) is 0 Å². The maximum Gasteiger partial charge on any atom is 0.160 e. The van der Waals surface area contributed by atoms with Crippen molar-refractivity contribution >= 4 is 219 Å². The Morgan fingerprint density at radius 3 is 0.570 bits per heavy atom. The van der Waals surface area contributed by atoms with E-state index < -0.39 is 0 Å². The predicted octanol–water partition coefficient (Wildman–Crippen LogP) is 36.2. The summed E-state index contributed by atoms with van der Waals surface area (Å²) in [6.07, 6.45) is 0. The van der Waals surface area contributed by atoms with E-state index in [9.17, 15) is 0 Å². The van der Waals surface area contributed by atoms with Gasteiger partial charge in [0.05, 0.1) is 66.2 Å². The van der Waals surface area contributed by atoms with E-state index in [4.69, 9.17) is 17.7 Å². The molecule has 0 amide bonds. The molecule has 0 aliphatic rings. The van der Waals surface area contributed by atoms with Crippen molar-refractivity contribution in [3.63, 3.8) is 0 Å². The highest BCUT2D eigenvalue weighted by atomic mass is 16.3. The molecule has 142 heavy (non-hydrogen) atoms. The van der Waals surface area contributed by atoms with Gasteiger partial charge in [-0.05, 0) is 203 Å². The Labute approximate surface area is 810 Å². The monoisotopic (exact) mass is 1810 g/mol. The Bertz CT molecular complexity index is 10500. The number of nitrogens with zero attached hydrogens (tertiary/aromatic N) is 6. The second-order valence-electron chi connectivity index (χ2n) is 37.2. The predicted molar refractivity (Wildman–Crippen MR) is 591 cm³/mol. The van der Waals surface area contributed by atoms with Gasteiger partial charge < -0.3 is 45.1 Å². The molecule has 10 heterocycles. The normalized spacial score (nSPS) is 12.1. The minimum absolute atomic E-state index is 0.906. The number of fused-ring (bicyclic) bond motifs is 33. The Hall–Kier alpha value is -19.2. The molecule has 0 saturated heterocycles. The van der Waals surface area contributed by atoms with Gasteiger partial charge in [-0.15, -0.1) is 0 Å². The third-order valence-corrected chi connectivity index (χ3v) is 29.6. The number of para-hydroxylation sites is 12. The maximum absolute atomic E-state index is 6.56. The molecule has 662 valence electrons. The molecule has 0 N–H and O–H groups in total. The van der Waals surface area contributed by atoms with Gasteiger partial charge in [0.25, 0.3) is 0 Å². The molecule has 10 heteroatoms. The van der Waals surface area contributed by atoms with Crippen LogP contribution < -0.4 is 0 Å². The van der Waals surface area contributed by atoms with E-state index in [-0.39, 0.29) is 0 Å². The van der Waals surface area contributed by atoms with Gasteiger partial charge in [-0.25, -0.2) is 0 Å². The van der Waals surface area contributed by atoms with Crippen molar-refractivity contribution < 1.29 is 17.7 Å². The van der Waals surface area contributed by atoms with E-state index in [1.54, 1.807) is 0 Å². The average Bonchev–Trinajstić information content (AvgIpc) is 1.56. The molecule has 32 rings (SSSR count). The quantitative estimate of drug-likeness (QED) is 0.144. The van der Waals surface area contributed by atoms with Crippen LogP contribution in [0.4, 0.5) is 0 Å². The van der Waals surface area contributed by atoms with Crippen LogP contribution in [0.25, 0.3) is 286 Å². The summed E-state index contributed by atoms with van der Waals surface area (Å²) in [5.74, 6) is 0. The summed E-state index contributed by atoms with van der Waals surface area (Å²) < 4.78 is 40.1. The van der Waals surface area contributed by atoms with E-state index in [0.717, 1.165) is 166 Å². The standard InChI is InChI=1S/C48H28N2O2.2C42H26N2O/c1-5-13-41-33(9-1)37-25-27-39-35-11-3-7-15-43(35)51-47(39)45(37)49(41)31-21-17-29(18-22-31)30-19-23-32(24-20-30)50-42-14-6-2-10-34(42)38-26-28-40-36-12-4-8-16-44(36)52-48(40)46(38)50;1-5-13-37-31(9-1)32-10-2-6-14-38(32)43(37)29-21-17-27(18-22-29)28-19-23-30(24-20-28)44-39-15-7-3-11-33(39)35-25-36-34-12-4-8-16-41(34)45-42(36)26-40(35)44;1-5-13-37-31(9-1)32-10-2-6-14-38(32)43(37)29-21-17-27(18-22-29)28-19-23-30(24-20-28)44-39-15-7-3-11-33(39)35-25-26-36-34-12-4-8-16-40(34)45-42(36)41(35)44/h1-28H;2*1-26H. The number of furan rings is 4. The van der Waals surface area contributed by atoms with Gasteiger partial charge in [-0.3, -0.25) is 0 Å². The fraction of sp³-hybridized carbons (Fsp3) is 0. The molecular formula is C132H80N6O4. The molecule has 10 aromatic heterocycles. The summed E-state index contributed by atoms with van der Waals surface area (Å²) in [5.41, 5.74) is 35.1. The molecule has 0 aliphatic carbocycles. The Balaban J connectivity index is 0.000000100. The smallest absolute Gasteiger partial charge is 0.160 e. The molecule has 0 unspecified atom stereocenters. The second kappa shape index (κ2) is 31.2. The van der Waals surface area contributed by atoms with Gasteiger partial charge in [0.1, 0.15) is 27.9 Å². The van der Waals surface area contributed by atoms with Crippen LogP contribution in [0.15, 0.2) is 503 Å². The summed E-state index contributed by atoms with van der Waals surface area (Å²) in [5, 5.41) is 23.9. The number of rotatable bonds is 9. The van der Waals surface area contributed by atoms with E-state index in [1.165, 1.54) is 120 Å². The second-order valence-corrected chi connectivity index (χ2v) is 37.2. The first-order valence-electron chi connectivity index (χ1n) is 48.4. The summed E-state index contributed by atoms with van der Waals surface area (Å²) in [6, 6.07) is 174. The Morgan fingerprint density at radius 2 is 0.303 bits per heavy atom. The maximum atomic E-state index is 6.56. The lowest BCUT2D eigenvalue weighted by Gasteiger charge is -2.11. The van der Waals surface area contributed by atoms with Gasteiger partial charge in [0.2, 0.25) is 0 Å². The van der Waals surface area contributed by atoms with Crippen LogP contribution in [0.3, 0.4) is 0 Å². The first kappa shape index (κ1) is 79.1. The van der Waals surface area contributed by atoms with Crippen LogP contribution in [-0.4, -0.2) is 27.4 Å². The van der Waals surface area contributed by atoms with E-state index in [2.05, 4.69) is 482 Å². The fourth-order valence-corrected chi connectivity index (χ4v) is 23.2. The lowest BCUT2D eigenvalue weighted by atomic mass is 10.0. The van der Waals surface area contributed by atoms with E-state index in [0.29, 0.717) is 0 Å². The van der Waals surface area contributed by atoms with E-state index in [1.807, 2.05) is 30.3 Å². The third kappa shape index (κ3) is 12.0. The van der Waals surface area contributed by atoms with Gasteiger partial charge in [0, 0.05) is 148 Å². The van der Waals surface area contributed by atoms with Crippen molar-refractivity contribution in [2.45, 2.75) is 0 Å². The highest BCUT2D eigenvalue weighted by Crippen LogP contribution is 2.48. The Kier molecular flexibility index (Phi) is 17.4. The molecule has 22 aromatic carbocycles. The van der Waals surface area contributed by atoms with Crippen molar-refractivity contribution in [1.82, 2.24) is 27.4 Å². The molecular weight excluding hydrogens is 1730 g/mol. The summed E-state index contributed by atoms with van der Waals surface area (Å²) in [4.78, 5) is 0. The first-order chi connectivity index (χ1) is 70.4. The van der Waals surface area contributed by atoms with Crippen molar-refractivity contribution in [2.24, 2.45) is 0 Å². The molecule has 0 saturated carbocycles. The summed E-state index contributed by atoms with van der Waals surface area (Å²) in [6.45, 7) is 0. The topological polar surface area (TPSA) is 82.1 Å². The summed E-state index contributed by atoms with van der Waals surface area (Å²) in [7, 11) is 0. The van der Waals surface area contributed by atoms with Gasteiger partial charge in [0.15, 0.2) is 16.7 Å². The van der Waals surface area contributed by atoms with Crippen LogP contribution >= 0.6 is 0 Å². The SMILES string of the molecule is c1ccc2c(c1)oc1c2ccc2c3ccccc3n(-c3ccc(-c4ccc(-n5c6ccccc6c6ccc7c8ccccc8oc7c65)cc4)cc3)c21.c1ccc2c(c1)oc1c2ccc2c3ccccc3n(-c3ccc(-c4ccc(-n5c6ccccc6c6ccccc65)cc4)cc3)c21.c1ccc2c(c1)oc1cc3c(cc12)c1ccccc1n3-c1ccc(-c2ccc(-n3c4ccccc4c4ccccc43)cc2)cc1. The minimum atomic E-state index is 0.906. The van der Waals surface area contributed by atoms with Gasteiger partial charge >= 0.3 is 0 Å². The molecule has 0 fully saturated rings. The van der Waals surface area contributed by atoms with Crippen LogP contribution in [-0.2, 0) is 0 Å². The average molecular weight is 1810 g/mol. The number of hydrogen-bond acceptors (Lipinski definition) is 4.